The van der Waals surface area contributed by atoms with Crippen molar-refractivity contribution in [1.29, 1.82) is 0 Å². The average molecular weight is 253 g/mol. The van der Waals surface area contributed by atoms with Crippen LogP contribution >= 0.6 is 24.2 Å². The summed E-state index contributed by atoms with van der Waals surface area (Å²) in [5.41, 5.74) is -0.186. The van der Waals surface area contributed by atoms with E-state index in [0.717, 1.165) is 12.1 Å². The van der Waals surface area contributed by atoms with Crippen LogP contribution in [0.4, 0.5) is 13.2 Å². The summed E-state index contributed by atoms with van der Waals surface area (Å²) in [4.78, 5) is 0. The Morgan fingerprint density at radius 1 is 1.33 bits per heavy atom. The molecule has 0 aliphatic heterocycles. The molecule has 0 aliphatic carbocycles. The van der Waals surface area contributed by atoms with Gasteiger partial charge in [-0.2, -0.15) is 25.8 Å². The van der Waals surface area contributed by atoms with Gasteiger partial charge in [-0.25, -0.2) is 0 Å². The third kappa shape index (κ3) is 3.47. The Labute approximate surface area is 96.2 Å². The zero-order valence-corrected chi connectivity index (χ0v) is 9.20. The van der Waals surface area contributed by atoms with E-state index >= 15 is 0 Å². The smallest absolute Gasteiger partial charge is 0.175 e. The van der Waals surface area contributed by atoms with Crippen LogP contribution in [-0.4, -0.2) is 5.75 Å². The van der Waals surface area contributed by atoms with Gasteiger partial charge in [0.05, 0.1) is 5.56 Å². The van der Waals surface area contributed by atoms with Gasteiger partial charge >= 0.3 is 6.18 Å². The summed E-state index contributed by atoms with van der Waals surface area (Å²) >= 11 is 9.64. The van der Waals surface area contributed by atoms with Crippen LogP contribution in [0.3, 0.4) is 0 Å². The maximum atomic E-state index is 12.3. The van der Waals surface area contributed by atoms with Crippen LogP contribution in [0, 0.1) is 0 Å². The van der Waals surface area contributed by atoms with Crippen molar-refractivity contribution in [3.05, 3.63) is 40.4 Å². The van der Waals surface area contributed by atoms with Crippen molar-refractivity contribution >= 4 is 30.3 Å². The first-order valence-electron chi connectivity index (χ1n) is 4.09. The molecule has 0 radical (unpaired) electrons. The minimum Gasteiger partial charge on any atom is -0.175 e. The van der Waals surface area contributed by atoms with Gasteiger partial charge in [-0.1, -0.05) is 29.8 Å². The van der Waals surface area contributed by atoms with Crippen LogP contribution in [0.15, 0.2) is 24.3 Å². The Morgan fingerprint density at radius 2 is 2.00 bits per heavy atom. The van der Waals surface area contributed by atoms with Crippen LogP contribution < -0.4 is 0 Å². The summed E-state index contributed by atoms with van der Waals surface area (Å²) in [7, 11) is 0. The molecule has 82 valence electrons. The lowest BCUT2D eigenvalue weighted by atomic mass is 10.1. The molecule has 0 fully saturated rings. The predicted molar refractivity (Wildman–Crippen MR) is 59.3 cm³/mol. The van der Waals surface area contributed by atoms with Crippen LogP contribution in [-0.2, 0) is 6.18 Å². The summed E-state index contributed by atoms with van der Waals surface area (Å²) in [6.07, 6.45) is -1.01. The van der Waals surface area contributed by atoms with Crippen LogP contribution in [0.5, 0.6) is 0 Å². The molecule has 0 heterocycles. The minimum atomic E-state index is -4.35. The highest BCUT2D eigenvalue weighted by atomic mass is 35.5. The van der Waals surface area contributed by atoms with Crippen LogP contribution in [0.1, 0.15) is 11.1 Å². The lowest BCUT2D eigenvalue weighted by Gasteiger charge is -2.07. The maximum Gasteiger partial charge on any atom is 0.416 e. The highest BCUT2D eigenvalue weighted by Gasteiger charge is 2.30. The normalized spacial score (nSPS) is 12.3. The Kier molecular flexibility index (Phi) is 4.11. The van der Waals surface area contributed by atoms with Gasteiger partial charge in [-0.15, -0.1) is 0 Å². The van der Waals surface area contributed by atoms with Gasteiger partial charge in [-0.3, -0.25) is 0 Å². The molecule has 5 heteroatoms. The SMILES string of the molecule is FC(F)(F)c1ccc(C=CCS)c(Cl)c1. The maximum absolute atomic E-state index is 12.3. The van der Waals surface area contributed by atoms with Crippen molar-refractivity contribution in [2.75, 3.05) is 5.75 Å². The van der Waals surface area contributed by atoms with E-state index in [2.05, 4.69) is 12.6 Å². The van der Waals surface area contributed by atoms with Gasteiger partial charge in [-0.05, 0) is 17.7 Å². The Balaban J connectivity index is 3.04. The van der Waals surface area contributed by atoms with Crippen molar-refractivity contribution in [1.82, 2.24) is 0 Å². The first-order chi connectivity index (χ1) is 6.95. The van der Waals surface area contributed by atoms with Crippen molar-refractivity contribution in [3.8, 4) is 0 Å². The van der Waals surface area contributed by atoms with Gasteiger partial charge < -0.3 is 0 Å². The molecule has 1 aromatic carbocycles. The molecule has 0 nitrogen and oxygen atoms in total. The Bertz CT molecular complexity index is 371. The second-order valence-corrected chi connectivity index (χ2v) is 3.59. The molecule has 15 heavy (non-hydrogen) atoms. The summed E-state index contributed by atoms with van der Waals surface area (Å²) in [6, 6.07) is 3.26. The van der Waals surface area contributed by atoms with E-state index in [0.29, 0.717) is 11.3 Å². The van der Waals surface area contributed by atoms with Gasteiger partial charge in [0.15, 0.2) is 0 Å². The van der Waals surface area contributed by atoms with E-state index in [9.17, 15) is 13.2 Å². The van der Waals surface area contributed by atoms with E-state index < -0.39 is 11.7 Å². The molecular weight excluding hydrogens is 245 g/mol. The topological polar surface area (TPSA) is 0 Å². The van der Waals surface area contributed by atoms with Crippen molar-refractivity contribution < 1.29 is 13.2 Å². The third-order valence-corrected chi connectivity index (χ3v) is 2.27. The largest absolute Gasteiger partial charge is 0.416 e. The molecule has 0 bridgehead atoms. The van der Waals surface area contributed by atoms with Crippen LogP contribution in [0.2, 0.25) is 5.02 Å². The second-order valence-electron chi connectivity index (χ2n) is 2.82. The molecule has 0 saturated carbocycles. The molecule has 0 aromatic heterocycles. The Morgan fingerprint density at radius 3 is 2.47 bits per heavy atom. The fourth-order valence-corrected chi connectivity index (χ4v) is 1.37. The highest BCUT2D eigenvalue weighted by molar-refractivity contribution is 7.80. The van der Waals surface area contributed by atoms with Crippen LogP contribution in [0.25, 0.3) is 6.08 Å². The fraction of sp³-hybridized carbons (Fsp3) is 0.200. The molecule has 0 unspecified atom stereocenters. The number of halogens is 4. The van der Waals surface area contributed by atoms with Crippen molar-refractivity contribution in [2.45, 2.75) is 6.18 Å². The first kappa shape index (κ1) is 12.5. The van der Waals surface area contributed by atoms with Gasteiger partial charge in [0.2, 0.25) is 0 Å². The molecule has 0 amide bonds. The third-order valence-electron chi connectivity index (χ3n) is 1.73. The van der Waals surface area contributed by atoms with E-state index in [-0.39, 0.29) is 5.02 Å². The molecule has 1 rings (SSSR count). The zero-order valence-electron chi connectivity index (χ0n) is 7.55. The lowest BCUT2D eigenvalue weighted by Crippen LogP contribution is -2.04. The van der Waals surface area contributed by atoms with E-state index in [1.54, 1.807) is 12.2 Å². The molecule has 0 atom stereocenters. The molecule has 0 saturated heterocycles. The molecule has 0 aliphatic rings. The fourth-order valence-electron chi connectivity index (χ4n) is 1.02. The molecule has 1 aromatic rings. The summed E-state index contributed by atoms with van der Waals surface area (Å²) in [5.74, 6) is 0.511. The van der Waals surface area contributed by atoms with Crippen molar-refractivity contribution in [2.24, 2.45) is 0 Å². The Hall–Kier alpha value is -0.610. The quantitative estimate of drug-likeness (QED) is 0.746. The molecule has 0 spiro atoms. The summed E-state index contributed by atoms with van der Waals surface area (Å²) in [6.45, 7) is 0. The number of benzene rings is 1. The van der Waals surface area contributed by atoms with E-state index in [1.165, 1.54) is 6.07 Å². The van der Waals surface area contributed by atoms with E-state index in [1.807, 2.05) is 0 Å². The standard InChI is InChI=1S/C10H8ClF3S/c11-9-6-8(10(12,13)14)4-3-7(9)2-1-5-15/h1-4,6,15H,5H2. The number of thiol groups is 1. The molecule has 0 N–H and O–H groups in total. The van der Waals surface area contributed by atoms with Gasteiger partial charge in [0, 0.05) is 10.8 Å². The summed E-state index contributed by atoms with van der Waals surface area (Å²) in [5, 5.41) is 0.0860. The predicted octanol–water partition coefficient (Wildman–Crippen LogP) is 4.30. The van der Waals surface area contributed by atoms with E-state index in [4.69, 9.17) is 11.6 Å². The monoisotopic (exact) mass is 252 g/mol. The lowest BCUT2D eigenvalue weighted by molar-refractivity contribution is -0.137. The average Bonchev–Trinajstić information content (AvgIpc) is 2.14. The zero-order chi connectivity index (χ0) is 11.5. The number of rotatable bonds is 2. The second kappa shape index (κ2) is 4.94. The number of alkyl halides is 3. The first-order valence-corrected chi connectivity index (χ1v) is 5.10. The van der Waals surface area contributed by atoms with Crippen molar-refractivity contribution in [3.63, 3.8) is 0 Å². The highest BCUT2D eigenvalue weighted by Crippen LogP contribution is 2.32. The summed E-state index contributed by atoms with van der Waals surface area (Å²) < 4.78 is 36.8. The number of hydrogen-bond donors (Lipinski definition) is 1. The minimum absolute atomic E-state index is 0.0860. The molecular formula is C10H8ClF3S. The number of hydrogen-bond acceptors (Lipinski definition) is 1. The van der Waals surface area contributed by atoms with Gasteiger partial charge in [0.25, 0.3) is 0 Å². The van der Waals surface area contributed by atoms with Gasteiger partial charge in [0.1, 0.15) is 0 Å².